The number of hydrogen-bond donors (Lipinski definition) is 0. The number of rotatable bonds is 4. The fraction of sp³-hybridized carbons (Fsp3) is 0.433. The second-order valence-electron chi connectivity index (χ2n) is 28.3. The van der Waals surface area contributed by atoms with Gasteiger partial charge in [-0.25, -0.2) is 0 Å². The Kier molecular flexibility index (Phi) is 10.1. The molecule has 0 spiro atoms. The first-order valence-corrected chi connectivity index (χ1v) is 31.0. The van der Waals surface area contributed by atoms with Crippen molar-refractivity contribution >= 4 is 81.7 Å². The third kappa shape index (κ3) is 6.94. The van der Waals surface area contributed by atoms with E-state index in [0.717, 1.165) is 36.9 Å². The predicted molar refractivity (Wildman–Crippen MR) is 314 cm³/mol. The van der Waals surface area contributed by atoms with E-state index in [4.69, 9.17) is 4.42 Å². The Labute approximate surface area is 433 Å². The third-order valence-corrected chi connectivity index (χ3v) is 21.5. The molecule has 0 unspecified atom stereocenters. The topological polar surface area (TPSA) is 19.6 Å². The van der Waals surface area contributed by atoms with Crippen LogP contribution in [0.25, 0.3) is 22.1 Å². The smallest absolute Gasteiger partial charge is 0.297 e. The Morgan fingerprint density at radius 3 is 1.50 bits per heavy atom. The van der Waals surface area contributed by atoms with Crippen molar-refractivity contribution in [3.63, 3.8) is 0 Å². The van der Waals surface area contributed by atoms with Crippen LogP contribution in [0.2, 0.25) is 19.6 Å². The summed E-state index contributed by atoms with van der Waals surface area (Å²) in [6, 6.07) is 39.6. The minimum atomic E-state index is -1.60. The van der Waals surface area contributed by atoms with E-state index in [2.05, 4.69) is 223 Å². The van der Waals surface area contributed by atoms with Crippen LogP contribution in [0.4, 0.5) is 34.1 Å². The van der Waals surface area contributed by atoms with Crippen LogP contribution in [0.15, 0.2) is 101 Å². The SMILES string of the molecule is Cc1cccc(C)c1-c1cc2c3c(c1)N(c1ccc([Si](C)(C)C)cc1)c1c(oc4cc5c(cc14)C(C)(C)CCC5(C)C)B3c1cc3c(cc1N2c1ccc2c(c1)C(C)(C)CCC2(C)C)C(C)(C)CCC3(C)C. The van der Waals surface area contributed by atoms with E-state index in [1.807, 2.05) is 0 Å². The highest BCUT2D eigenvalue weighted by molar-refractivity contribution is 7.00. The average molecular weight is 967 g/mol. The summed E-state index contributed by atoms with van der Waals surface area (Å²) in [5.74, 6) is 0. The summed E-state index contributed by atoms with van der Waals surface area (Å²) in [5.41, 5.74) is 26.4. The summed E-state index contributed by atoms with van der Waals surface area (Å²) >= 11 is 0. The van der Waals surface area contributed by atoms with Crippen LogP contribution in [0.5, 0.6) is 0 Å². The van der Waals surface area contributed by atoms with Gasteiger partial charge in [0.2, 0.25) is 0 Å². The van der Waals surface area contributed by atoms with E-state index in [-0.39, 0.29) is 39.2 Å². The van der Waals surface area contributed by atoms with Gasteiger partial charge in [0.1, 0.15) is 5.58 Å². The monoisotopic (exact) mass is 967 g/mol. The van der Waals surface area contributed by atoms with Crippen LogP contribution in [0.1, 0.15) is 166 Å². The summed E-state index contributed by atoms with van der Waals surface area (Å²) in [6.07, 6.45) is 6.99. The molecule has 0 bridgehead atoms. The summed E-state index contributed by atoms with van der Waals surface area (Å²) in [7, 11) is -1.60. The fourth-order valence-corrected chi connectivity index (χ4v) is 15.6. The minimum absolute atomic E-state index is 0.0210. The lowest BCUT2D eigenvalue weighted by atomic mass is 9.35. The lowest BCUT2D eigenvalue weighted by Gasteiger charge is -2.47. The molecular formula is C67H79BN2OSi. The fourth-order valence-electron chi connectivity index (χ4n) is 14.4. The van der Waals surface area contributed by atoms with Crippen molar-refractivity contribution in [1.82, 2.24) is 0 Å². The molecule has 2 aliphatic heterocycles. The van der Waals surface area contributed by atoms with Gasteiger partial charge in [-0.3, -0.25) is 0 Å². The van der Waals surface area contributed by atoms with Crippen LogP contribution < -0.4 is 31.6 Å². The Morgan fingerprint density at radius 2 is 0.944 bits per heavy atom. The third-order valence-electron chi connectivity index (χ3n) is 19.5. The van der Waals surface area contributed by atoms with Crippen LogP contribution in [-0.4, -0.2) is 14.8 Å². The largest absolute Gasteiger partial charge is 0.468 e. The molecule has 0 N–H and O–H groups in total. The van der Waals surface area contributed by atoms with Crippen molar-refractivity contribution in [3.05, 3.63) is 142 Å². The zero-order chi connectivity index (χ0) is 51.2. The van der Waals surface area contributed by atoms with Gasteiger partial charge in [-0.15, -0.1) is 0 Å². The van der Waals surface area contributed by atoms with E-state index in [1.54, 1.807) is 0 Å². The van der Waals surface area contributed by atoms with Crippen molar-refractivity contribution in [3.8, 4) is 11.1 Å². The molecule has 0 radical (unpaired) electrons. The second-order valence-corrected chi connectivity index (χ2v) is 33.4. The zero-order valence-corrected chi connectivity index (χ0v) is 47.9. The van der Waals surface area contributed by atoms with Gasteiger partial charge in [-0.2, -0.15) is 0 Å². The molecule has 0 saturated carbocycles. The van der Waals surface area contributed by atoms with E-state index in [1.165, 1.54) is 124 Å². The van der Waals surface area contributed by atoms with Gasteiger partial charge in [0.15, 0.2) is 0 Å². The van der Waals surface area contributed by atoms with Crippen molar-refractivity contribution < 1.29 is 4.42 Å². The van der Waals surface area contributed by atoms with Gasteiger partial charge < -0.3 is 14.2 Å². The van der Waals surface area contributed by atoms with Crippen molar-refractivity contribution in [2.45, 2.75) is 188 Å². The molecule has 3 aliphatic carbocycles. The zero-order valence-electron chi connectivity index (χ0n) is 46.9. The molecule has 7 aromatic rings. The maximum atomic E-state index is 7.76. The molecule has 12 rings (SSSR count). The van der Waals surface area contributed by atoms with E-state index in [0.29, 0.717) is 0 Å². The molecule has 3 nitrogen and oxygen atoms in total. The molecular weight excluding hydrogens is 888 g/mol. The number of furan rings is 1. The first-order chi connectivity index (χ1) is 33.6. The highest BCUT2D eigenvalue weighted by Gasteiger charge is 2.50. The van der Waals surface area contributed by atoms with Gasteiger partial charge in [0.05, 0.1) is 19.4 Å². The second kappa shape index (κ2) is 15.2. The quantitative estimate of drug-likeness (QED) is 0.164. The summed E-state index contributed by atoms with van der Waals surface area (Å²) in [5, 5.41) is 2.69. The Balaban J connectivity index is 1.26. The molecule has 3 heterocycles. The van der Waals surface area contributed by atoms with Gasteiger partial charge in [0, 0.05) is 33.8 Å². The lowest BCUT2D eigenvalue weighted by Crippen LogP contribution is -2.61. The Morgan fingerprint density at radius 1 is 0.472 bits per heavy atom. The molecule has 0 fully saturated rings. The molecule has 0 atom stereocenters. The molecule has 0 amide bonds. The normalized spacial score (nSPS) is 20.3. The van der Waals surface area contributed by atoms with Crippen LogP contribution >= 0.6 is 0 Å². The minimum Gasteiger partial charge on any atom is -0.468 e. The molecule has 5 aliphatic rings. The van der Waals surface area contributed by atoms with Gasteiger partial charge in [0.25, 0.3) is 6.71 Å². The first kappa shape index (κ1) is 47.7. The Bertz CT molecular complexity index is 3420. The maximum absolute atomic E-state index is 7.76. The molecule has 72 heavy (non-hydrogen) atoms. The lowest BCUT2D eigenvalue weighted by molar-refractivity contribution is 0.332. The van der Waals surface area contributed by atoms with Crippen molar-refractivity contribution in [2.75, 3.05) is 9.80 Å². The number of anilines is 6. The summed E-state index contributed by atoms with van der Waals surface area (Å²) in [6.45, 7) is 41.5. The Hall–Kier alpha value is -5.26. The number of nitrogens with zero attached hydrogens (tertiary/aromatic N) is 2. The van der Waals surface area contributed by atoms with Crippen LogP contribution in [0.3, 0.4) is 0 Å². The van der Waals surface area contributed by atoms with Gasteiger partial charge >= 0.3 is 0 Å². The van der Waals surface area contributed by atoms with Gasteiger partial charge in [-0.05, 0) is 206 Å². The van der Waals surface area contributed by atoms with Crippen molar-refractivity contribution in [1.29, 1.82) is 0 Å². The molecule has 5 heteroatoms. The number of hydrogen-bond acceptors (Lipinski definition) is 3. The highest BCUT2D eigenvalue weighted by Crippen LogP contribution is 2.55. The van der Waals surface area contributed by atoms with Crippen LogP contribution in [-0.2, 0) is 32.5 Å². The van der Waals surface area contributed by atoms with Gasteiger partial charge in [-0.1, -0.05) is 150 Å². The molecule has 370 valence electrons. The van der Waals surface area contributed by atoms with E-state index < -0.39 is 8.07 Å². The van der Waals surface area contributed by atoms with Crippen molar-refractivity contribution in [2.24, 2.45) is 0 Å². The molecule has 0 saturated heterocycles. The first-order valence-electron chi connectivity index (χ1n) is 27.5. The number of fused-ring (bicyclic) bond motifs is 9. The van der Waals surface area contributed by atoms with E-state index >= 15 is 0 Å². The molecule has 1 aromatic heterocycles. The number of aryl methyl sites for hydroxylation is 2. The number of benzene rings is 6. The standard InChI is InChI=1S/C67H79BN2OSi/c1-40-19-18-20-41(2)58(40)42-33-55-59-56(34-42)70(43-21-24-45(25-22-43)72(15,16)17)60-46-36-49-52(67(13,14)32-29-64(49,7)8)39-57(46)71-61(60)68(59)53-37-50-51(66(11,12)31-30-65(50,9)10)38-54(53)69(55)44-23-26-47-48(35-44)63(5,6)28-27-62(47,3)4/h18-26,33-39H,27-32H2,1-17H3. The summed E-state index contributed by atoms with van der Waals surface area (Å²) in [4.78, 5) is 5.35. The highest BCUT2D eigenvalue weighted by atomic mass is 28.3. The van der Waals surface area contributed by atoms with Crippen LogP contribution in [0, 0.1) is 13.8 Å². The van der Waals surface area contributed by atoms with E-state index in [9.17, 15) is 0 Å². The summed E-state index contributed by atoms with van der Waals surface area (Å²) < 4.78 is 7.76. The average Bonchev–Trinajstić information content (AvgIpc) is 3.68. The predicted octanol–water partition coefficient (Wildman–Crippen LogP) is 16.4. The molecule has 6 aromatic carbocycles. The maximum Gasteiger partial charge on any atom is 0.297 e.